The van der Waals surface area contributed by atoms with Crippen LogP contribution in [0.1, 0.15) is 43.9 Å². The van der Waals surface area contributed by atoms with E-state index in [0.29, 0.717) is 19.4 Å². The molecule has 0 unspecified atom stereocenters. The van der Waals surface area contributed by atoms with Gasteiger partial charge < -0.3 is 9.84 Å². The molecule has 138 valence electrons. The number of aliphatic hydroxyl groups excluding tert-OH is 1. The molecule has 1 heterocycles. The second-order valence-electron chi connectivity index (χ2n) is 6.82. The van der Waals surface area contributed by atoms with Crippen molar-refractivity contribution in [2.45, 2.75) is 50.9 Å². The maximum absolute atomic E-state index is 12.7. The summed E-state index contributed by atoms with van der Waals surface area (Å²) in [4.78, 5) is 14.8. The highest BCUT2D eigenvalue weighted by Gasteiger charge is 2.42. The number of carbonyl (C=O) groups excluding carboxylic acids is 1. The van der Waals surface area contributed by atoms with Gasteiger partial charge in [0, 0.05) is 6.04 Å². The van der Waals surface area contributed by atoms with Crippen molar-refractivity contribution in [2.75, 3.05) is 6.61 Å². The fraction of sp³-hybridized carbons (Fsp3) is 0.409. The molecule has 3 atom stereocenters. The van der Waals surface area contributed by atoms with Gasteiger partial charge in [0.1, 0.15) is 6.04 Å². The Balaban J connectivity index is 2.07. The molecule has 0 amide bonds. The zero-order valence-corrected chi connectivity index (χ0v) is 15.4. The number of piperidine rings is 1. The predicted molar refractivity (Wildman–Crippen MR) is 102 cm³/mol. The largest absolute Gasteiger partial charge is 0.465 e. The fourth-order valence-electron chi connectivity index (χ4n) is 3.90. The molecule has 0 bridgehead atoms. The Morgan fingerprint density at radius 3 is 2.12 bits per heavy atom. The summed E-state index contributed by atoms with van der Waals surface area (Å²) < 4.78 is 5.35. The van der Waals surface area contributed by atoms with Crippen molar-refractivity contribution in [3.63, 3.8) is 0 Å². The van der Waals surface area contributed by atoms with E-state index in [1.807, 2.05) is 50.2 Å². The highest BCUT2D eigenvalue weighted by molar-refractivity contribution is 5.76. The number of nitrogens with zero attached hydrogens (tertiary/aromatic N) is 1. The Kier molecular flexibility index (Phi) is 6.07. The number of carbonyl (C=O) groups is 1. The molecule has 1 N–H and O–H groups in total. The van der Waals surface area contributed by atoms with Crippen LogP contribution in [0, 0.1) is 0 Å². The summed E-state index contributed by atoms with van der Waals surface area (Å²) in [5.41, 5.74) is 2.21. The quantitative estimate of drug-likeness (QED) is 0.835. The highest BCUT2D eigenvalue weighted by atomic mass is 16.5. The SMILES string of the molecule is CCOC(=O)[C@@H]1CC[C@@H](O)[C@H](C)N1C(c1ccccc1)c1ccccc1. The van der Waals surface area contributed by atoms with Crippen LogP contribution >= 0.6 is 0 Å². The van der Waals surface area contributed by atoms with Crippen LogP contribution in [0.3, 0.4) is 0 Å². The van der Waals surface area contributed by atoms with Gasteiger partial charge in [-0.05, 0) is 37.8 Å². The average Bonchev–Trinajstić information content (AvgIpc) is 2.67. The molecule has 4 nitrogen and oxygen atoms in total. The van der Waals surface area contributed by atoms with Crippen LogP contribution in [0.2, 0.25) is 0 Å². The lowest BCUT2D eigenvalue weighted by molar-refractivity contribution is -0.156. The molecule has 4 heteroatoms. The molecular formula is C22H27NO3. The van der Waals surface area contributed by atoms with Crippen molar-refractivity contribution in [2.24, 2.45) is 0 Å². The number of benzene rings is 2. The van der Waals surface area contributed by atoms with Crippen LogP contribution in [0.15, 0.2) is 60.7 Å². The molecule has 1 aliphatic heterocycles. The van der Waals surface area contributed by atoms with Crippen LogP contribution in [0.25, 0.3) is 0 Å². The van der Waals surface area contributed by atoms with Gasteiger partial charge in [-0.25, -0.2) is 0 Å². The van der Waals surface area contributed by atoms with Crippen molar-refractivity contribution < 1.29 is 14.6 Å². The van der Waals surface area contributed by atoms with E-state index in [-0.39, 0.29) is 24.1 Å². The maximum atomic E-state index is 12.7. The van der Waals surface area contributed by atoms with Crippen molar-refractivity contribution in [1.29, 1.82) is 0 Å². The summed E-state index contributed by atoms with van der Waals surface area (Å²) in [6.07, 6.45) is 0.744. The first kappa shape index (κ1) is 18.6. The van der Waals surface area contributed by atoms with E-state index in [9.17, 15) is 9.90 Å². The van der Waals surface area contributed by atoms with E-state index < -0.39 is 6.10 Å². The zero-order valence-electron chi connectivity index (χ0n) is 15.4. The Morgan fingerprint density at radius 2 is 1.62 bits per heavy atom. The predicted octanol–water partition coefficient (Wildman–Crippen LogP) is 3.55. The summed E-state index contributed by atoms with van der Waals surface area (Å²) in [7, 11) is 0. The van der Waals surface area contributed by atoms with E-state index in [1.165, 1.54) is 0 Å². The first-order valence-electron chi connectivity index (χ1n) is 9.35. The van der Waals surface area contributed by atoms with Gasteiger partial charge in [-0.15, -0.1) is 0 Å². The van der Waals surface area contributed by atoms with E-state index in [0.717, 1.165) is 11.1 Å². The molecule has 2 aromatic carbocycles. The first-order chi connectivity index (χ1) is 12.6. The second-order valence-corrected chi connectivity index (χ2v) is 6.82. The molecule has 26 heavy (non-hydrogen) atoms. The fourth-order valence-corrected chi connectivity index (χ4v) is 3.90. The van der Waals surface area contributed by atoms with Gasteiger partial charge in [0.2, 0.25) is 0 Å². The molecule has 0 aliphatic carbocycles. The minimum Gasteiger partial charge on any atom is -0.465 e. The van der Waals surface area contributed by atoms with E-state index >= 15 is 0 Å². The van der Waals surface area contributed by atoms with Crippen LogP contribution in [-0.4, -0.2) is 40.8 Å². The molecule has 1 aliphatic rings. The topological polar surface area (TPSA) is 49.8 Å². The number of esters is 1. The standard InChI is InChI=1S/C22H27NO3/c1-3-26-22(25)19-14-15-20(24)16(2)23(19)21(17-10-6-4-7-11-17)18-12-8-5-9-13-18/h4-13,16,19-21,24H,3,14-15H2,1-2H3/t16-,19-,20+/m0/s1. The van der Waals surface area contributed by atoms with Crippen LogP contribution in [0.4, 0.5) is 0 Å². The number of hydrogen-bond donors (Lipinski definition) is 1. The third kappa shape index (κ3) is 3.81. The average molecular weight is 353 g/mol. The number of aliphatic hydroxyl groups is 1. The molecule has 0 radical (unpaired) electrons. The molecule has 0 saturated carbocycles. The normalized spacial score (nSPS) is 23.8. The van der Waals surface area contributed by atoms with Gasteiger partial charge in [-0.1, -0.05) is 60.7 Å². The number of hydrogen-bond acceptors (Lipinski definition) is 4. The van der Waals surface area contributed by atoms with Gasteiger partial charge in [0.25, 0.3) is 0 Å². The second kappa shape index (κ2) is 8.47. The third-order valence-electron chi connectivity index (χ3n) is 5.21. The molecule has 1 saturated heterocycles. The minimum absolute atomic E-state index is 0.114. The van der Waals surface area contributed by atoms with Gasteiger partial charge in [-0.3, -0.25) is 9.69 Å². The Bertz CT molecular complexity index is 664. The lowest BCUT2D eigenvalue weighted by Gasteiger charge is -2.46. The Hall–Kier alpha value is -2.17. The van der Waals surface area contributed by atoms with Crippen LogP contribution in [-0.2, 0) is 9.53 Å². The van der Waals surface area contributed by atoms with Gasteiger partial charge in [0.05, 0.1) is 18.8 Å². The summed E-state index contributed by atoms with van der Waals surface area (Å²) >= 11 is 0. The first-order valence-corrected chi connectivity index (χ1v) is 9.35. The number of ether oxygens (including phenoxy) is 1. The zero-order chi connectivity index (χ0) is 18.5. The molecule has 3 rings (SSSR count). The summed E-state index contributed by atoms with van der Waals surface area (Å²) in [6, 6.07) is 19.7. The maximum Gasteiger partial charge on any atom is 0.323 e. The lowest BCUT2D eigenvalue weighted by Crippen LogP contribution is -2.56. The van der Waals surface area contributed by atoms with Crippen molar-refractivity contribution in [1.82, 2.24) is 4.90 Å². The lowest BCUT2D eigenvalue weighted by atomic mass is 9.87. The Morgan fingerprint density at radius 1 is 1.08 bits per heavy atom. The third-order valence-corrected chi connectivity index (χ3v) is 5.21. The van der Waals surface area contributed by atoms with Crippen LogP contribution < -0.4 is 0 Å². The van der Waals surface area contributed by atoms with Crippen LogP contribution in [0.5, 0.6) is 0 Å². The number of likely N-dealkylation sites (tertiary alicyclic amines) is 1. The molecule has 2 aromatic rings. The molecule has 0 aromatic heterocycles. The minimum atomic E-state index is -0.462. The monoisotopic (exact) mass is 353 g/mol. The summed E-state index contributed by atoms with van der Waals surface area (Å²) in [5.74, 6) is -0.205. The summed E-state index contributed by atoms with van der Waals surface area (Å²) in [5, 5.41) is 10.5. The van der Waals surface area contributed by atoms with Crippen molar-refractivity contribution >= 4 is 5.97 Å². The van der Waals surface area contributed by atoms with Crippen molar-refractivity contribution in [3.8, 4) is 0 Å². The van der Waals surface area contributed by atoms with Gasteiger partial charge in [-0.2, -0.15) is 0 Å². The summed E-state index contributed by atoms with van der Waals surface area (Å²) in [6.45, 7) is 4.19. The Labute approximate surface area is 155 Å². The van der Waals surface area contributed by atoms with E-state index in [4.69, 9.17) is 4.74 Å². The van der Waals surface area contributed by atoms with Gasteiger partial charge >= 0.3 is 5.97 Å². The molecular weight excluding hydrogens is 326 g/mol. The van der Waals surface area contributed by atoms with E-state index in [2.05, 4.69) is 29.2 Å². The van der Waals surface area contributed by atoms with Gasteiger partial charge in [0.15, 0.2) is 0 Å². The molecule has 0 spiro atoms. The highest BCUT2D eigenvalue weighted by Crippen LogP contribution is 2.37. The smallest absolute Gasteiger partial charge is 0.323 e. The van der Waals surface area contributed by atoms with E-state index in [1.54, 1.807) is 0 Å². The molecule has 1 fully saturated rings. The number of rotatable bonds is 5. The van der Waals surface area contributed by atoms with Crippen molar-refractivity contribution in [3.05, 3.63) is 71.8 Å².